The van der Waals surface area contributed by atoms with E-state index in [2.05, 4.69) is 70.1 Å². The highest BCUT2D eigenvalue weighted by Gasteiger charge is 2.42. The molecule has 3 aliphatic rings. The number of thioether (sulfide) groups is 1. The highest BCUT2D eigenvalue weighted by molar-refractivity contribution is 8.00. The Kier molecular flexibility index (Phi) is 5.22. The molecule has 4 nitrogen and oxygen atoms in total. The van der Waals surface area contributed by atoms with Gasteiger partial charge in [0.05, 0.1) is 30.3 Å². The average Bonchev–Trinajstić information content (AvgIpc) is 3.13. The number of hydrogen-bond acceptors (Lipinski definition) is 5. The van der Waals surface area contributed by atoms with Crippen LogP contribution < -0.4 is 9.64 Å². The van der Waals surface area contributed by atoms with Crippen LogP contribution in [0.4, 0.5) is 5.69 Å². The van der Waals surface area contributed by atoms with Gasteiger partial charge in [0.1, 0.15) is 5.75 Å². The summed E-state index contributed by atoms with van der Waals surface area (Å²) in [5, 5.41) is 9.73. The monoisotopic (exact) mass is 396 g/mol. The van der Waals surface area contributed by atoms with Gasteiger partial charge in [-0.15, -0.1) is 0 Å². The van der Waals surface area contributed by atoms with E-state index in [9.17, 15) is 5.11 Å². The van der Waals surface area contributed by atoms with E-state index in [4.69, 9.17) is 4.74 Å². The van der Waals surface area contributed by atoms with Gasteiger partial charge in [-0.2, -0.15) is 0 Å². The molecule has 0 aliphatic carbocycles. The van der Waals surface area contributed by atoms with E-state index in [1.807, 2.05) is 0 Å². The number of piperidine rings is 1. The number of rotatable bonds is 4. The van der Waals surface area contributed by atoms with Gasteiger partial charge >= 0.3 is 0 Å². The highest BCUT2D eigenvalue weighted by Crippen LogP contribution is 2.53. The molecule has 2 atom stereocenters. The minimum Gasteiger partial charge on any atom is -0.493 e. The second-order valence-electron chi connectivity index (χ2n) is 7.98. The molecule has 0 radical (unpaired) electrons. The van der Waals surface area contributed by atoms with E-state index < -0.39 is 0 Å². The summed E-state index contributed by atoms with van der Waals surface area (Å²) in [6.07, 6.45) is 3.44. The molecular formula is C23H28N2O2S. The van der Waals surface area contributed by atoms with Crippen LogP contribution in [0.3, 0.4) is 0 Å². The maximum atomic E-state index is 9.25. The Labute approximate surface area is 171 Å². The summed E-state index contributed by atoms with van der Waals surface area (Å²) < 4.78 is 5.96. The zero-order valence-corrected chi connectivity index (χ0v) is 17.0. The predicted octanol–water partition coefficient (Wildman–Crippen LogP) is 4.15. The topological polar surface area (TPSA) is 35.9 Å². The van der Waals surface area contributed by atoms with Gasteiger partial charge in [0, 0.05) is 23.4 Å². The second kappa shape index (κ2) is 7.97. The van der Waals surface area contributed by atoms with E-state index in [0.717, 1.165) is 38.4 Å². The smallest absolute Gasteiger partial charge is 0.124 e. The lowest BCUT2D eigenvalue weighted by Crippen LogP contribution is -2.45. The number of β-amino-alcohol motifs (C(OH)–C–C–N with tert-alkyl or cyclic N) is 1. The molecule has 0 bridgehead atoms. The molecule has 1 unspecified atom stereocenters. The van der Waals surface area contributed by atoms with Gasteiger partial charge in [0.2, 0.25) is 0 Å². The summed E-state index contributed by atoms with van der Waals surface area (Å²) in [6.45, 7) is 4.04. The first-order chi connectivity index (χ1) is 13.8. The van der Waals surface area contributed by atoms with Crippen molar-refractivity contribution >= 4 is 17.4 Å². The van der Waals surface area contributed by atoms with Gasteiger partial charge in [-0.05, 0) is 50.0 Å². The minimum atomic E-state index is 0.263. The van der Waals surface area contributed by atoms with Crippen molar-refractivity contribution in [2.45, 2.75) is 35.6 Å². The number of aliphatic hydroxyl groups is 1. The van der Waals surface area contributed by atoms with Crippen molar-refractivity contribution in [2.24, 2.45) is 5.92 Å². The largest absolute Gasteiger partial charge is 0.493 e. The number of likely N-dealkylation sites (tertiary alicyclic amines) is 1. The van der Waals surface area contributed by atoms with Crippen LogP contribution in [0.5, 0.6) is 5.75 Å². The molecule has 148 valence electrons. The quantitative estimate of drug-likeness (QED) is 0.840. The third-order valence-electron chi connectivity index (χ3n) is 6.38. The van der Waals surface area contributed by atoms with Crippen molar-refractivity contribution < 1.29 is 9.84 Å². The second-order valence-corrected chi connectivity index (χ2v) is 9.14. The Morgan fingerprint density at radius 2 is 1.79 bits per heavy atom. The van der Waals surface area contributed by atoms with Gasteiger partial charge in [-0.1, -0.05) is 42.1 Å². The van der Waals surface area contributed by atoms with E-state index in [1.54, 1.807) is 0 Å². The summed E-state index contributed by atoms with van der Waals surface area (Å²) in [5.74, 6) is 1.71. The number of para-hydroxylation sites is 2. The normalized spacial score (nSPS) is 25.2. The summed E-state index contributed by atoms with van der Waals surface area (Å²) in [6, 6.07) is 17.8. The van der Waals surface area contributed by atoms with Crippen LogP contribution in [-0.4, -0.2) is 48.2 Å². The number of nitrogens with zero attached hydrogens (tertiary/aromatic N) is 2. The van der Waals surface area contributed by atoms with E-state index in [-0.39, 0.29) is 6.61 Å². The first-order valence-electron chi connectivity index (χ1n) is 10.4. The standard InChI is InChI=1S/C23H28N2O2S/c26-15-14-24-12-9-17(10-13-24)23-25(20-6-2-4-8-22(20)28-23)19-11-16-27-21-7-3-1-5-18(19)21/h1-8,17,19,23,26H,9-16H2/t19?,23-/m0/s1. The fourth-order valence-corrected chi connectivity index (χ4v) is 6.53. The van der Waals surface area contributed by atoms with Crippen LogP contribution in [0.1, 0.15) is 30.9 Å². The van der Waals surface area contributed by atoms with Crippen molar-refractivity contribution in [3.8, 4) is 5.75 Å². The molecule has 5 rings (SSSR count). The maximum absolute atomic E-state index is 9.25. The number of ether oxygens (including phenoxy) is 1. The average molecular weight is 397 g/mol. The van der Waals surface area contributed by atoms with Gasteiger partial charge in [-0.3, -0.25) is 0 Å². The minimum absolute atomic E-state index is 0.263. The molecule has 1 fully saturated rings. The highest BCUT2D eigenvalue weighted by atomic mass is 32.2. The fourth-order valence-electron chi connectivity index (χ4n) is 4.98. The molecule has 2 aromatic rings. The van der Waals surface area contributed by atoms with Crippen molar-refractivity contribution in [3.63, 3.8) is 0 Å². The summed E-state index contributed by atoms with van der Waals surface area (Å²) in [4.78, 5) is 6.51. The fraction of sp³-hybridized carbons (Fsp3) is 0.478. The SMILES string of the molecule is OCCN1CCC([C@@H]2Sc3ccccc3N2C2CCOc3ccccc32)CC1. The van der Waals surface area contributed by atoms with Crippen molar-refractivity contribution in [3.05, 3.63) is 54.1 Å². The Bertz CT molecular complexity index is 822. The van der Waals surface area contributed by atoms with E-state index in [1.165, 1.54) is 29.0 Å². The van der Waals surface area contributed by atoms with Gasteiger partial charge in [-0.25, -0.2) is 0 Å². The van der Waals surface area contributed by atoms with Gasteiger partial charge in [0.15, 0.2) is 0 Å². The van der Waals surface area contributed by atoms with Crippen LogP contribution in [0.15, 0.2) is 53.4 Å². The lowest BCUT2D eigenvalue weighted by molar-refractivity contribution is 0.144. The summed E-state index contributed by atoms with van der Waals surface area (Å²) >= 11 is 2.05. The van der Waals surface area contributed by atoms with E-state index in [0.29, 0.717) is 17.3 Å². The van der Waals surface area contributed by atoms with E-state index >= 15 is 0 Å². The molecule has 3 heterocycles. The first-order valence-corrected chi connectivity index (χ1v) is 11.3. The Morgan fingerprint density at radius 3 is 2.64 bits per heavy atom. The lowest BCUT2D eigenvalue weighted by Gasteiger charge is -2.43. The van der Waals surface area contributed by atoms with Crippen LogP contribution in [0.2, 0.25) is 0 Å². The van der Waals surface area contributed by atoms with Gasteiger partial charge < -0.3 is 19.6 Å². The third kappa shape index (κ3) is 3.30. The Balaban J connectivity index is 1.46. The first kappa shape index (κ1) is 18.3. The molecule has 28 heavy (non-hydrogen) atoms. The Hall–Kier alpha value is -1.69. The molecule has 0 spiro atoms. The number of fused-ring (bicyclic) bond motifs is 2. The third-order valence-corrected chi connectivity index (χ3v) is 7.83. The van der Waals surface area contributed by atoms with Crippen molar-refractivity contribution in [2.75, 3.05) is 37.7 Å². The number of anilines is 1. The Morgan fingerprint density at radius 1 is 1.00 bits per heavy atom. The van der Waals surface area contributed by atoms with Crippen LogP contribution in [0, 0.1) is 5.92 Å². The predicted molar refractivity (Wildman–Crippen MR) is 114 cm³/mol. The maximum Gasteiger partial charge on any atom is 0.124 e. The van der Waals surface area contributed by atoms with Crippen LogP contribution >= 0.6 is 11.8 Å². The molecular weight excluding hydrogens is 368 g/mol. The molecule has 0 aromatic heterocycles. The van der Waals surface area contributed by atoms with Crippen molar-refractivity contribution in [1.29, 1.82) is 0 Å². The number of hydrogen-bond donors (Lipinski definition) is 1. The van der Waals surface area contributed by atoms with Crippen LogP contribution in [-0.2, 0) is 0 Å². The molecule has 0 saturated carbocycles. The molecule has 2 aromatic carbocycles. The zero-order valence-electron chi connectivity index (χ0n) is 16.2. The molecule has 0 amide bonds. The van der Waals surface area contributed by atoms with Crippen molar-refractivity contribution in [1.82, 2.24) is 4.90 Å². The molecule has 5 heteroatoms. The van der Waals surface area contributed by atoms with Gasteiger partial charge in [0.25, 0.3) is 0 Å². The lowest BCUT2D eigenvalue weighted by atomic mass is 9.92. The summed E-state index contributed by atoms with van der Waals surface area (Å²) in [7, 11) is 0. The molecule has 1 saturated heterocycles. The number of aliphatic hydroxyl groups excluding tert-OH is 1. The zero-order chi connectivity index (χ0) is 18.9. The molecule has 1 N–H and O–H groups in total. The van der Waals surface area contributed by atoms with Crippen LogP contribution in [0.25, 0.3) is 0 Å². The number of benzene rings is 2. The summed E-state index contributed by atoms with van der Waals surface area (Å²) in [5.41, 5.74) is 2.71. The molecule has 3 aliphatic heterocycles.